The second kappa shape index (κ2) is 6.68. The summed E-state index contributed by atoms with van der Waals surface area (Å²) in [7, 11) is 0. The summed E-state index contributed by atoms with van der Waals surface area (Å²) in [6.45, 7) is 1.98. The van der Waals surface area contributed by atoms with Gasteiger partial charge in [0.05, 0.1) is 5.97 Å². The van der Waals surface area contributed by atoms with Crippen LogP contribution < -0.4 is 5.11 Å². The molecule has 0 saturated heterocycles. The third-order valence-corrected chi connectivity index (χ3v) is 3.60. The summed E-state index contributed by atoms with van der Waals surface area (Å²) >= 11 is 6.21. The van der Waals surface area contributed by atoms with E-state index in [0.717, 1.165) is 11.1 Å². The molecule has 0 spiro atoms. The van der Waals surface area contributed by atoms with Gasteiger partial charge < -0.3 is 14.3 Å². The number of rotatable bonds is 4. The molecule has 5 nitrogen and oxygen atoms in total. The number of aryl methyl sites for hydroxylation is 1. The minimum absolute atomic E-state index is 0.0998. The van der Waals surface area contributed by atoms with E-state index in [2.05, 4.69) is 10.2 Å². The summed E-state index contributed by atoms with van der Waals surface area (Å²) < 4.78 is 5.59. The van der Waals surface area contributed by atoms with Gasteiger partial charge >= 0.3 is 0 Å². The van der Waals surface area contributed by atoms with E-state index in [4.69, 9.17) is 16.0 Å². The Morgan fingerprint density at radius 2 is 1.92 bits per heavy atom. The smallest absolute Gasteiger partial charge is 0.259 e. The van der Waals surface area contributed by atoms with E-state index >= 15 is 0 Å². The summed E-state index contributed by atoms with van der Waals surface area (Å²) in [6, 6.07) is 13.8. The van der Waals surface area contributed by atoms with Crippen LogP contribution >= 0.6 is 11.6 Å². The topological polar surface area (TPSA) is 79.0 Å². The van der Waals surface area contributed by atoms with Crippen LogP contribution in [0.25, 0.3) is 22.6 Å². The monoisotopic (exact) mass is 339 g/mol. The Kier molecular flexibility index (Phi) is 4.44. The molecule has 0 aliphatic carbocycles. The van der Waals surface area contributed by atoms with E-state index in [9.17, 15) is 9.90 Å². The number of carboxylic acid groups (broad SMARTS) is 1. The molecule has 1 aromatic heterocycles. The molecule has 0 fully saturated rings. The molecule has 0 bridgehead atoms. The predicted octanol–water partition coefficient (Wildman–Crippen LogP) is 3.15. The predicted molar refractivity (Wildman–Crippen MR) is 89.0 cm³/mol. The molecule has 0 aliphatic rings. The lowest BCUT2D eigenvalue weighted by Crippen LogP contribution is -2.21. The second-order valence-corrected chi connectivity index (χ2v) is 5.59. The van der Waals surface area contributed by atoms with Gasteiger partial charge in [-0.05, 0) is 36.3 Å². The maximum Gasteiger partial charge on any atom is 0.259 e. The standard InChI is InChI=1S/C18H13ClN2O3/c1-11-3-2-4-14(9-11)16-20-21-17(24-16)15(19)10-12-5-7-13(8-6-12)18(22)23/h2-10H,1H3,(H,22,23)/p-1/b15-10-. The lowest BCUT2D eigenvalue weighted by atomic mass is 10.1. The zero-order valence-corrected chi connectivity index (χ0v) is 13.4. The Balaban J connectivity index is 1.85. The van der Waals surface area contributed by atoms with E-state index in [1.165, 1.54) is 12.1 Å². The fourth-order valence-electron chi connectivity index (χ4n) is 2.14. The van der Waals surface area contributed by atoms with Gasteiger partial charge in [-0.15, -0.1) is 10.2 Å². The average Bonchev–Trinajstić information content (AvgIpc) is 3.05. The number of carbonyl (C=O) groups is 1. The maximum atomic E-state index is 10.7. The van der Waals surface area contributed by atoms with Gasteiger partial charge in [0.15, 0.2) is 0 Å². The number of aromatic carboxylic acids is 1. The molecule has 0 atom stereocenters. The van der Waals surface area contributed by atoms with Gasteiger partial charge in [-0.1, -0.05) is 53.6 Å². The van der Waals surface area contributed by atoms with Gasteiger partial charge in [0.25, 0.3) is 5.89 Å². The Morgan fingerprint density at radius 3 is 2.58 bits per heavy atom. The molecule has 120 valence electrons. The molecule has 2 aromatic carbocycles. The van der Waals surface area contributed by atoms with E-state index in [-0.39, 0.29) is 16.5 Å². The molecule has 0 saturated carbocycles. The van der Waals surface area contributed by atoms with Crippen LogP contribution in [0, 0.1) is 6.92 Å². The third-order valence-electron chi connectivity index (χ3n) is 3.33. The lowest BCUT2D eigenvalue weighted by molar-refractivity contribution is -0.255. The first-order valence-corrected chi connectivity index (χ1v) is 7.50. The van der Waals surface area contributed by atoms with Crippen molar-refractivity contribution in [3.8, 4) is 11.5 Å². The molecular weight excluding hydrogens is 328 g/mol. The largest absolute Gasteiger partial charge is 0.545 e. The van der Waals surface area contributed by atoms with Gasteiger partial charge in [0, 0.05) is 5.56 Å². The highest BCUT2D eigenvalue weighted by molar-refractivity contribution is 6.50. The van der Waals surface area contributed by atoms with Crippen molar-refractivity contribution in [2.24, 2.45) is 0 Å². The summed E-state index contributed by atoms with van der Waals surface area (Å²) in [5, 5.41) is 18.9. The van der Waals surface area contributed by atoms with Crippen LogP contribution in [0.3, 0.4) is 0 Å². The Morgan fingerprint density at radius 1 is 1.17 bits per heavy atom. The van der Waals surface area contributed by atoms with Crippen LogP contribution in [0.5, 0.6) is 0 Å². The molecule has 6 heteroatoms. The van der Waals surface area contributed by atoms with Crippen molar-refractivity contribution in [3.05, 3.63) is 71.1 Å². The number of aromatic nitrogens is 2. The number of hydrogen-bond acceptors (Lipinski definition) is 5. The highest BCUT2D eigenvalue weighted by Crippen LogP contribution is 2.25. The van der Waals surface area contributed by atoms with Crippen molar-refractivity contribution in [2.75, 3.05) is 0 Å². The first-order chi connectivity index (χ1) is 11.5. The molecule has 0 N–H and O–H groups in total. The third kappa shape index (κ3) is 3.52. The highest BCUT2D eigenvalue weighted by atomic mass is 35.5. The normalized spacial score (nSPS) is 11.5. The van der Waals surface area contributed by atoms with Crippen molar-refractivity contribution in [1.29, 1.82) is 0 Å². The van der Waals surface area contributed by atoms with Gasteiger partial charge in [-0.25, -0.2) is 0 Å². The van der Waals surface area contributed by atoms with Crippen molar-refractivity contribution in [3.63, 3.8) is 0 Å². The van der Waals surface area contributed by atoms with Crippen molar-refractivity contribution in [1.82, 2.24) is 10.2 Å². The number of hydrogen-bond donors (Lipinski definition) is 0. The summed E-state index contributed by atoms with van der Waals surface area (Å²) in [4.78, 5) is 10.7. The van der Waals surface area contributed by atoms with Crippen molar-refractivity contribution in [2.45, 2.75) is 6.92 Å². The quantitative estimate of drug-likeness (QED) is 0.729. The summed E-state index contributed by atoms with van der Waals surface area (Å²) in [5.41, 5.74) is 2.71. The minimum Gasteiger partial charge on any atom is -0.545 e. The van der Waals surface area contributed by atoms with Crippen LogP contribution in [0.4, 0.5) is 0 Å². The number of carbonyl (C=O) groups excluding carboxylic acids is 1. The fraction of sp³-hybridized carbons (Fsp3) is 0.0556. The molecule has 3 aromatic rings. The summed E-state index contributed by atoms with van der Waals surface area (Å²) in [6.07, 6.45) is 1.62. The van der Waals surface area contributed by atoms with Crippen LogP contribution in [0.2, 0.25) is 0 Å². The lowest BCUT2D eigenvalue weighted by Gasteiger charge is -2.02. The van der Waals surface area contributed by atoms with E-state index in [1.54, 1.807) is 18.2 Å². The Bertz CT molecular complexity index is 914. The van der Waals surface area contributed by atoms with Crippen molar-refractivity contribution < 1.29 is 14.3 Å². The van der Waals surface area contributed by atoms with E-state index in [1.807, 2.05) is 31.2 Å². The number of benzene rings is 2. The summed E-state index contributed by atoms with van der Waals surface area (Å²) in [5.74, 6) is -0.652. The first kappa shape index (κ1) is 16.0. The molecule has 0 amide bonds. The van der Waals surface area contributed by atoms with Crippen LogP contribution in [-0.2, 0) is 0 Å². The van der Waals surface area contributed by atoms with Crippen molar-refractivity contribution >= 4 is 28.7 Å². The highest BCUT2D eigenvalue weighted by Gasteiger charge is 2.11. The SMILES string of the molecule is Cc1cccc(-c2nnc(/C(Cl)=C/c3ccc(C(=O)[O-])cc3)o2)c1. The van der Waals surface area contributed by atoms with Gasteiger partial charge in [-0.2, -0.15) is 0 Å². The van der Waals surface area contributed by atoms with Gasteiger partial charge in [0.1, 0.15) is 5.03 Å². The number of halogens is 1. The minimum atomic E-state index is -1.23. The number of carboxylic acids is 1. The fourth-order valence-corrected chi connectivity index (χ4v) is 2.34. The molecule has 0 unspecified atom stereocenters. The zero-order valence-electron chi connectivity index (χ0n) is 12.7. The number of nitrogens with zero attached hydrogens (tertiary/aromatic N) is 2. The molecular formula is C18H12ClN2O3-. The maximum absolute atomic E-state index is 10.7. The van der Waals surface area contributed by atoms with Gasteiger partial charge in [0.2, 0.25) is 5.89 Å². The van der Waals surface area contributed by atoms with Crippen LogP contribution in [-0.4, -0.2) is 16.2 Å². The first-order valence-electron chi connectivity index (χ1n) is 7.12. The Labute approximate surface area is 143 Å². The molecule has 0 aliphatic heterocycles. The molecule has 24 heavy (non-hydrogen) atoms. The second-order valence-electron chi connectivity index (χ2n) is 5.18. The van der Waals surface area contributed by atoms with Gasteiger partial charge in [-0.3, -0.25) is 0 Å². The zero-order chi connectivity index (χ0) is 17.1. The molecule has 3 rings (SSSR count). The van der Waals surface area contributed by atoms with E-state index in [0.29, 0.717) is 11.5 Å². The molecule has 1 heterocycles. The van der Waals surface area contributed by atoms with Crippen LogP contribution in [0.1, 0.15) is 27.4 Å². The molecule has 0 radical (unpaired) electrons. The average molecular weight is 340 g/mol. The Hall–Kier alpha value is -2.92. The van der Waals surface area contributed by atoms with E-state index < -0.39 is 5.97 Å². The van der Waals surface area contributed by atoms with Crippen LogP contribution in [0.15, 0.2) is 52.9 Å².